The Kier molecular flexibility index (Phi) is 5.07. The Labute approximate surface area is 95.4 Å². The maximum atomic E-state index is 3.45. The number of hydrogen-bond donors (Lipinski definition) is 1. The molecule has 15 heavy (non-hydrogen) atoms. The van der Waals surface area contributed by atoms with Gasteiger partial charge in [0.15, 0.2) is 0 Å². The monoisotopic (exact) mass is 212 g/mol. The summed E-state index contributed by atoms with van der Waals surface area (Å²) in [6.07, 6.45) is 0. The van der Waals surface area contributed by atoms with Crippen LogP contribution in [0.25, 0.3) is 0 Å². The number of nitrogens with one attached hydrogen (secondary N) is 1. The van der Waals surface area contributed by atoms with Gasteiger partial charge in [-0.2, -0.15) is 0 Å². The van der Waals surface area contributed by atoms with E-state index in [9.17, 15) is 0 Å². The second-order valence-corrected chi connectivity index (χ2v) is 5.43. The quantitative estimate of drug-likeness (QED) is 0.751. The fourth-order valence-electron chi connectivity index (χ4n) is 2.41. The van der Waals surface area contributed by atoms with Crippen LogP contribution in [-0.2, 0) is 0 Å². The van der Waals surface area contributed by atoms with Crippen LogP contribution >= 0.6 is 0 Å². The van der Waals surface area contributed by atoms with Crippen molar-refractivity contribution in [2.24, 2.45) is 17.8 Å². The normalized spacial score (nSPS) is 31.8. The molecule has 0 radical (unpaired) electrons. The average molecular weight is 212 g/mol. The van der Waals surface area contributed by atoms with Gasteiger partial charge >= 0.3 is 0 Å². The van der Waals surface area contributed by atoms with Crippen LogP contribution in [0.1, 0.15) is 34.6 Å². The summed E-state index contributed by atoms with van der Waals surface area (Å²) in [7, 11) is 0. The molecule has 0 aromatic carbocycles. The highest BCUT2D eigenvalue weighted by Gasteiger charge is 2.30. The molecule has 0 aromatic rings. The van der Waals surface area contributed by atoms with E-state index in [0.29, 0.717) is 0 Å². The molecule has 0 amide bonds. The molecular weight excluding hydrogens is 184 g/mol. The maximum absolute atomic E-state index is 3.45. The first-order valence-corrected chi connectivity index (χ1v) is 6.51. The molecule has 0 aliphatic carbocycles. The maximum Gasteiger partial charge on any atom is 0.0105 e. The van der Waals surface area contributed by atoms with Crippen molar-refractivity contribution in [2.45, 2.75) is 40.7 Å². The van der Waals surface area contributed by atoms with Crippen LogP contribution in [0.5, 0.6) is 0 Å². The van der Waals surface area contributed by atoms with Crippen LogP contribution in [0.4, 0.5) is 0 Å². The third-order valence-electron chi connectivity index (χ3n) is 4.13. The van der Waals surface area contributed by atoms with Crippen LogP contribution in [0.2, 0.25) is 0 Å². The first-order chi connectivity index (χ1) is 7.06. The van der Waals surface area contributed by atoms with E-state index in [-0.39, 0.29) is 0 Å². The summed E-state index contributed by atoms with van der Waals surface area (Å²) >= 11 is 0. The van der Waals surface area contributed by atoms with Crippen molar-refractivity contribution in [3.63, 3.8) is 0 Å². The molecule has 0 saturated carbocycles. The molecule has 0 spiro atoms. The largest absolute Gasteiger partial charge is 0.317 e. The molecule has 4 atom stereocenters. The molecule has 1 rings (SSSR count). The lowest BCUT2D eigenvalue weighted by molar-refractivity contribution is 0.188. The zero-order chi connectivity index (χ0) is 11.4. The van der Waals surface area contributed by atoms with Gasteiger partial charge in [-0.3, -0.25) is 4.90 Å². The third-order valence-corrected chi connectivity index (χ3v) is 4.13. The summed E-state index contributed by atoms with van der Waals surface area (Å²) in [5, 5.41) is 3.45. The lowest BCUT2D eigenvalue weighted by Gasteiger charge is -2.30. The first kappa shape index (κ1) is 13.0. The highest BCUT2D eigenvalue weighted by molar-refractivity contribution is 4.84. The Morgan fingerprint density at radius 3 is 2.20 bits per heavy atom. The molecule has 1 aliphatic heterocycles. The molecule has 1 N–H and O–H groups in total. The van der Waals surface area contributed by atoms with Gasteiger partial charge in [-0.25, -0.2) is 0 Å². The average Bonchev–Trinajstić information content (AvgIpc) is 2.54. The minimum absolute atomic E-state index is 0.719. The van der Waals surface area contributed by atoms with Crippen LogP contribution in [0.3, 0.4) is 0 Å². The number of likely N-dealkylation sites (tertiary alicyclic amines) is 1. The van der Waals surface area contributed by atoms with Crippen molar-refractivity contribution in [3.8, 4) is 0 Å². The summed E-state index contributed by atoms with van der Waals surface area (Å²) in [6.45, 7) is 16.5. The predicted octanol–water partition coefficient (Wildman–Crippen LogP) is 2.21. The molecule has 2 nitrogen and oxygen atoms in total. The highest BCUT2D eigenvalue weighted by atomic mass is 15.2. The van der Waals surface area contributed by atoms with E-state index in [0.717, 1.165) is 36.9 Å². The minimum atomic E-state index is 0.719. The lowest BCUT2D eigenvalue weighted by Crippen LogP contribution is -2.40. The van der Waals surface area contributed by atoms with Gasteiger partial charge in [0.1, 0.15) is 0 Å². The van der Waals surface area contributed by atoms with Crippen LogP contribution < -0.4 is 5.32 Å². The van der Waals surface area contributed by atoms with E-state index in [1.807, 2.05) is 0 Å². The van der Waals surface area contributed by atoms with Gasteiger partial charge in [0.25, 0.3) is 0 Å². The number of hydrogen-bond acceptors (Lipinski definition) is 2. The fraction of sp³-hybridized carbons (Fsp3) is 1.00. The fourth-order valence-corrected chi connectivity index (χ4v) is 2.41. The molecular formula is C13H28N2. The van der Waals surface area contributed by atoms with E-state index in [2.05, 4.69) is 44.8 Å². The highest BCUT2D eigenvalue weighted by Crippen LogP contribution is 2.26. The molecule has 2 heteroatoms. The topological polar surface area (TPSA) is 15.3 Å². The molecule has 0 bridgehead atoms. The van der Waals surface area contributed by atoms with E-state index < -0.39 is 0 Å². The molecule has 1 fully saturated rings. The second kappa shape index (κ2) is 5.86. The SMILES string of the molecule is CCNCC(C)C(C)N1CC(C)C(C)C1. The zero-order valence-corrected chi connectivity index (χ0v) is 11.1. The van der Waals surface area contributed by atoms with Gasteiger partial charge in [0.05, 0.1) is 0 Å². The van der Waals surface area contributed by atoms with Crippen molar-refractivity contribution in [1.82, 2.24) is 10.2 Å². The van der Waals surface area contributed by atoms with Crippen LogP contribution in [0, 0.1) is 17.8 Å². The van der Waals surface area contributed by atoms with Crippen molar-refractivity contribution >= 4 is 0 Å². The third kappa shape index (κ3) is 3.46. The predicted molar refractivity (Wildman–Crippen MR) is 67.1 cm³/mol. The van der Waals surface area contributed by atoms with E-state index in [1.54, 1.807) is 0 Å². The Hall–Kier alpha value is -0.0800. The Bertz CT molecular complexity index is 171. The molecule has 1 saturated heterocycles. The first-order valence-electron chi connectivity index (χ1n) is 6.51. The van der Waals surface area contributed by atoms with E-state index >= 15 is 0 Å². The standard InChI is InChI=1S/C13H28N2/c1-6-14-7-10(2)13(5)15-8-11(3)12(4)9-15/h10-14H,6-9H2,1-5H3. The van der Waals surface area contributed by atoms with Gasteiger partial charge < -0.3 is 5.32 Å². The van der Waals surface area contributed by atoms with Gasteiger partial charge in [-0.15, -0.1) is 0 Å². The van der Waals surface area contributed by atoms with Gasteiger partial charge in [-0.05, 0) is 37.8 Å². The van der Waals surface area contributed by atoms with Crippen molar-refractivity contribution in [3.05, 3.63) is 0 Å². The van der Waals surface area contributed by atoms with Gasteiger partial charge in [0.2, 0.25) is 0 Å². The zero-order valence-electron chi connectivity index (χ0n) is 11.1. The summed E-state index contributed by atoms with van der Waals surface area (Å²) in [6, 6.07) is 0.719. The summed E-state index contributed by atoms with van der Waals surface area (Å²) in [5.74, 6) is 2.50. The Morgan fingerprint density at radius 2 is 1.73 bits per heavy atom. The molecule has 1 heterocycles. The summed E-state index contributed by atoms with van der Waals surface area (Å²) in [5.41, 5.74) is 0. The van der Waals surface area contributed by atoms with Crippen molar-refractivity contribution in [1.29, 1.82) is 0 Å². The molecule has 1 aliphatic rings. The number of nitrogens with zero attached hydrogens (tertiary/aromatic N) is 1. The van der Waals surface area contributed by atoms with Gasteiger partial charge in [-0.1, -0.05) is 27.7 Å². The molecule has 90 valence electrons. The Balaban J connectivity index is 2.36. The summed E-state index contributed by atoms with van der Waals surface area (Å²) < 4.78 is 0. The van der Waals surface area contributed by atoms with Crippen LogP contribution in [-0.4, -0.2) is 37.1 Å². The van der Waals surface area contributed by atoms with Crippen molar-refractivity contribution < 1.29 is 0 Å². The second-order valence-electron chi connectivity index (χ2n) is 5.43. The summed E-state index contributed by atoms with van der Waals surface area (Å²) in [4.78, 5) is 2.66. The Morgan fingerprint density at radius 1 is 1.20 bits per heavy atom. The van der Waals surface area contributed by atoms with E-state index in [1.165, 1.54) is 13.1 Å². The van der Waals surface area contributed by atoms with Crippen molar-refractivity contribution in [2.75, 3.05) is 26.2 Å². The van der Waals surface area contributed by atoms with E-state index in [4.69, 9.17) is 0 Å². The minimum Gasteiger partial charge on any atom is -0.317 e. The molecule has 0 aromatic heterocycles. The van der Waals surface area contributed by atoms with Crippen LogP contribution in [0.15, 0.2) is 0 Å². The lowest BCUT2D eigenvalue weighted by atomic mass is 10.0. The number of rotatable bonds is 5. The smallest absolute Gasteiger partial charge is 0.0105 e. The van der Waals surface area contributed by atoms with Gasteiger partial charge in [0, 0.05) is 19.1 Å². The molecule has 4 unspecified atom stereocenters.